The highest BCUT2D eigenvalue weighted by molar-refractivity contribution is 6.11. The molecule has 0 unspecified atom stereocenters. The standard InChI is InChI=1S/C42H62O2/c1(5-11-23-35-25-13-9-14-26-35)3-7-21-33-43-41-37-29-17-19-31-39(37)42(40-32-20-18-30-38(40)41)44-34-22-8-4-2-6-12-24-36-27-15-10-16-28-36/h17-20,29-32,35-36H,1-16,21-28,33-34H2. The molecule has 2 aliphatic rings. The molecule has 0 saturated heterocycles. The highest BCUT2D eigenvalue weighted by Crippen LogP contribution is 2.43. The Morgan fingerprint density at radius 2 is 0.705 bits per heavy atom. The fourth-order valence-electron chi connectivity index (χ4n) is 8.14. The number of hydrogen-bond donors (Lipinski definition) is 0. The lowest BCUT2D eigenvalue weighted by Crippen LogP contribution is -2.05. The second kappa shape index (κ2) is 19.3. The second-order valence-electron chi connectivity index (χ2n) is 14.3. The molecule has 0 heterocycles. The fourth-order valence-corrected chi connectivity index (χ4v) is 8.14. The Morgan fingerprint density at radius 1 is 0.386 bits per heavy atom. The zero-order valence-corrected chi connectivity index (χ0v) is 28.0. The topological polar surface area (TPSA) is 18.5 Å². The SMILES string of the molecule is c1ccc2c(OCCCCCCCCC3CCCCC3)c3ccccc3c(OCCCCCCCCC3CCCCC3)c2c1. The predicted molar refractivity (Wildman–Crippen MR) is 190 cm³/mol. The fraction of sp³-hybridized carbons (Fsp3) is 0.667. The van der Waals surface area contributed by atoms with Crippen LogP contribution in [0.15, 0.2) is 48.5 Å². The van der Waals surface area contributed by atoms with Crippen LogP contribution in [0, 0.1) is 11.8 Å². The molecule has 0 aromatic heterocycles. The summed E-state index contributed by atoms with van der Waals surface area (Å²) in [6.45, 7) is 1.58. The van der Waals surface area contributed by atoms with E-state index in [0.717, 1.165) is 49.4 Å². The summed E-state index contributed by atoms with van der Waals surface area (Å²) in [6, 6.07) is 17.4. The van der Waals surface area contributed by atoms with E-state index in [1.54, 1.807) is 0 Å². The van der Waals surface area contributed by atoms with Crippen LogP contribution in [-0.2, 0) is 0 Å². The van der Waals surface area contributed by atoms with Crippen molar-refractivity contribution in [2.75, 3.05) is 13.2 Å². The maximum atomic E-state index is 6.57. The van der Waals surface area contributed by atoms with E-state index in [-0.39, 0.29) is 0 Å². The zero-order valence-electron chi connectivity index (χ0n) is 28.0. The van der Waals surface area contributed by atoms with E-state index in [2.05, 4.69) is 48.5 Å². The van der Waals surface area contributed by atoms with Gasteiger partial charge in [-0.15, -0.1) is 0 Å². The van der Waals surface area contributed by atoms with Crippen LogP contribution in [0.25, 0.3) is 21.5 Å². The lowest BCUT2D eigenvalue weighted by atomic mass is 9.85. The number of rotatable bonds is 20. The maximum Gasteiger partial charge on any atom is 0.135 e. The van der Waals surface area contributed by atoms with Crippen LogP contribution in [0.5, 0.6) is 11.5 Å². The average molecular weight is 599 g/mol. The number of hydrogen-bond acceptors (Lipinski definition) is 2. The van der Waals surface area contributed by atoms with E-state index < -0.39 is 0 Å². The molecule has 0 aliphatic heterocycles. The molecule has 0 bridgehead atoms. The van der Waals surface area contributed by atoms with Gasteiger partial charge in [0.05, 0.1) is 13.2 Å². The Bertz CT molecular complexity index is 1050. The van der Waals surface area contributed by atoms with Crippen LogP contribution in [0.2, 0.25) is 0 Å². The molecule has 3 aromatic carbocycles. The van der Waals surface area contributed by atoms with E-state index in [9.17, 15) is 0 Å². The van der Waals surface area contributed by atoms with Gasteiger partial charge < -0.3 is 9.47 Å². The zero-order chi connectivity index (χ0) is 30.1. The Morgan fingerprint density at radius 3 is 1.07 bits per heavy atom. The van der Waals surface area contributed by atoms with Gasteiger partial charge >= 0.3 is 0 Å². The first-order valence-electron chi connectivity index (χ1n) is 19.1. The minimum atomic E-state index is 0.789. The quantitative estimate of drug-likeness (QED) is 0.0951. The molecule has 5 rings (SSSR count). The summed E-state index contributed by atoms with van der Waals surface area (Å²) in [7, 11) is 0. The lowest BCUT2D eigenvalue weighted by molar-refractivity contribution is 0.304. The molecule has 2 saturated carbocycles. The van der Waals surface area contributed by atoms with Crippen LogP contribution in [0.1, 0.15) is 154 Å². The minimum Gasteiger partial charge on any atom is -0.492 e. The van der Waals surface area contributed by atoms with E-state index in [1.807, 2.05) is 0 Å². The molecule has 3 aromatic rings. The molecule has 0 N–H and O–H groups in total. The second-order valence-corrected chi connectivity index (χ2v) is 14.3. The van der Waals surface area contributed by atoms with E-state index in [4.69, 9.17) is 9.47 Å². The molecule has 0 atom stereocenters. The first kappa shape index (κ1) is 33.2. The maximum absolute atomic E-state index is 6.57. The molecule has 2 aliphatic carbocycles. The predicted octanol–water partition coefficient (Wildman–Crippen LogP) is 13.4. The third kappa shape index (κ3) is 10.4. The molecule has 2 fully saturated rings. The van der Waals surface area contributed by atoms with Gasteiger partial charge in [0, 0.05) is 21.5 Å². The van der Waals surface area contributed by atoms with Crippen molar-refractivity contribution in [3.8, 4) is 11.5 Å². The number of unbranched alkanes of at least 4 members (excludes halogenated alkanes) is 10. The van der Waals surface area contributed by atoms with Gasteiger partial charge in [-0.1, -0.05) is 190 Å². The van der Waals surface area contributed by atoms with Gasteiger partial charge in [0.1, 0.15) is 11.5 Å². The van der Waals surface area contributed by atoms with E-state index >= 15 is 0 Å². The van der Waals surface area contributed by atoms with Crippen molar-refractivity contribution in [3.63, 3.8) is 0 Å². The Hall–Kier alpha value is -2.22. The summed E-state index contributed by atoms with van der Waals surface area (Å²) < 4.78 is 13.1. The number of ether oxygens (including phenoxy) is 2. The molecule has 0 radical (unpaired) electrons. The molecule has 242 valence electrons. The molecule has 44 heavy (non-hydrogen) atoms. The van der Waals surface area contributed by atoms with Crippen LogP contribution in [0.3, 0.4) is 0 Å². The van der Waals surface area contributed by atoms with Crippen LogP contribution in [-0.4, -0.2) is 13.2 Å². The highest BCUT2D eigenvalue weighted by Gasteiger charge is 2.16. The van der Waals surface area contributed by atoms with Gasteiger partial charge in [0.2, 0.25) is 0 Å². The van der Waals surface area contributed by atoms with Crippen molar-refractivity contribution in [3.05, 3.63) is 48.5 Å². The lowest BCUT2D eigenvalue weighted by Gasteiger charge is -2.21. The molecule has 0 spiro atoms. The van der Waals surface area contributed by atoms with Gasteiger partial charge in [-0.2, -0.15) is 0 Å². The van der Waals surface area contributed by atoms with Gasteiger partial charge in [-0.3, -0.25) is 0 Å². The van der Waals surface area contributed by atoms with Gasteiger partial charge in [0.15, 0.2) is 0 Å². The molecule has 2 heteroatoms. The summed E-state index contributed by atoms with van der Waals surface area (Å²) >= 11 is 0. The van der Waals surface area contributed by atoms with Crippen molar-refractivity contribution in [2.45, 2.75) is 154 Å². The van der Waals surface area contributed by atoms with Crippen molar-refractivity contribution >= 4 is 21.5 Å². The third-order valence-electron chi connectivity index (χ3n) is 10.8. The minimum absolute atomic E-state index is 0.789. The number of benzene rings is 3. The molecule has 0 amide bonds. The summed E-state index contributed by atoms with van der Waals surface area (Å²) in [5.41, 5.74) is 0. The first-order valence-corrected chi connectivity index (χ1v) is 19.1. The summed E-state index contributed by atoms with van der Waals surface area (Å²) in [6.07, 6.45) is 33.7. The largest absolute Gasteiger partial charge is 0.492 e. The molecule has 2 nitrogen and oxygen atoms in total. The van der Waals surface area contributed by atoms with Crippen LogP contribution >= 0.6 is 0 Å². The smallest absolute Gasteiger partial charge is 0.135 e. The Kier molecular flexibility index (Phi) is 14.6. The molecular weight excluding hydrogens is 536 g/mol. The Labute approximate surface area is 269 Å². The first-order chi connectivity index (χ1) is 21.9. The Balaban J connectivity index is 1.04. The van der Waals surface area contributed by atoms with Gasteiger partial charge in [-0.25, -0.2) is 0 Å². The van der Waals surface area contributed by atoms with Crippen molar-refractivity contribution in [1.82, 2.24) is 0 Å². The van der Waals surface area contributed by atoms with Crippen molar-refractivity contribution in [1.29, 1.82) is 0 Å². The van der Waals surface area contributed by atoms with Crippen molar-refractivity contribution in [2.24, 2.45) is 11.8 Å². The van der Waals surface area contributed by atoms with Crippen molar-refractivity contribution < 1.29 is 9.47 Å². The van der Waals surface area contributed by atoms with E-state index in [1.165, 1.54) is 163 Å². The molecular formula is C42H62O2. The normalized spacial score (nSPS) is 16.5. The van der Waals surface area contributed by atoms with Crippen LogP contribution < -0.4 is 9.47 Å². The van der Waals surface area contributed by atoms with Gasteiger partial charge in [-0.05, 0) is 24.7 Å². The summed E-state index contributed by atoms with van der Waals surface area (Å²) in [5, 5.41) is 4.73. The van der Waals surface area contributed by atoms with E-state index in [0.29, 0.717) is 0 Å². The van der Waals surface area contributed by atoms with Gasteiger partial charge in [0.25, 0.3) is 0 Å². The highest BCUT2D eigenvalue weighted by atomic mass is 16.5. The summed E-state index contributed by atoms with van der Waals surface area (Å²) in [4.78, 5) is 0. The summed E-state index contributed by atoms with van der Waals surface area (Å²) in [5.74, 6) is 4.14. The van der Waals surface area contributed by atoms with Crippen LogP contribution in [0.4, 0.5) is 0 Å². The monoisotopic (exact) mass is 598 g/mol. The third-order valence-corrected chi connectivity index (χ3v) is 10.8. The average Bonchev–Trinajstić information content (AvgIpc) is 3.08. The number of fused-ring (bicyclic) bond motifs is 2.